The molecule has 110 valence electrons. The molecule has 2 aliphatic rings. The van der Waals surface area contributed by atoms with E-state index in [2.05, 4.69) is 35.2 Å². The van der Waals surface area contributed by atoms with Crippen molar-refractivity contribution in [1.29, 1.82) is 0 Å². The van der Waals surface area contributed by atoms with Crippen LogP contribution in [0.25, 0.3) is 10.9 Å². The fourth-order valence-corrected chi connectivity index (χ4v) is 4.06. The van der Waals surface area contributed by atoms with Crippen LogP contribution >= 0.6 is 0 Å². The minimum atomic E-state index is -0.0698. The third kappa shape index (κ3) is 2.56. The third-order valence-corrected chi connectivity index (χ3v) is 5.14. The molecule has 3 nitrogen and oxygen atoms in total. The van der Waals surface area contributed by atoms with Crippen molar-refractivity contribution < 1.29 is 5.11 Å². The molecule has 1 aromatic carbocycles. The van der Waals surface area contributed by atoms with E-state index in [1.54, 1.807) is 0 Å². The van der Waals surface area contributed by atoms with Crippen LogP contribution in [0.15, 0.2) is 36.4 Å². The first-order valence-electron chi connectivity index (χ1n) is 8.05. The highest BCUT2D eigenvalue weighted by Gasteiger charge is 2.38. The molecule has 4 rings (SSSR count). The predicted molar refractivity (Wildman–Crippen MR) is 83.9 cm³/mol. The summed E-state index contributed by atoms with van der Waals surface area (Å²) in [4.78, 5) is 7.26. The Morgan fingerprint density at radius 3 is 2.62 bits per heavy atom. The minimum absolute atomic E-state index is 0.0698. The second kappa shape index (κ2) is 5.39. The molecule has 1 saturated heterocycles. The number of para-hydroxylation sites is 1. The number of rotatable bonds is 2. The molecule has 2 fully saturated rings. The molecule has 2 heterocycles. The summed E-state index contributed by atoms with van der Waals surface area (Å²) >= 11 is 0. The molecular formula is C18H22N2O. The van der Waals surface area contributed by atoms with Gasteiger partial charge in [-0.05, 0) is 36.8 Å². The lowest BCUT2D eigenvalue weighted by Crippen LogP contribution is -2.51. The van der Waals surface area contributed by atoms with Crippen molar-refractivity contribution in [3.8, 4) is 0 Å². The summed E-state index contributed by atoms with van der Waals surface area (Å²) in [7, 11) is 0. The van der Waals surface area contributed by atoms with Crippen LogP contribution in [0.2, 0.25) is 0 Å². The van der Waals surface area contributed by atoms with Gasteiger partial charge in [0.1, 0.15) is 0 Å². The summed E-state index contributed by atoms with van der Waals surface area (Å²) in [6.07, 6.45) is 3.58. The number of benzene rings is 1. The van der Waals surface area contributed by atoms with Crippen LogP contribution < -0.4 is 0 Å². The van der Waals surface area contributed by atoms with Crippen LogP contribution in [0.3, 0.4) is 0 Å². The maximum atomic E-state index is 10.3. The molecule has 2 bridgehead atoms. The Hall–Kier alpha value is -1.45. The molecule has 0 unspecified atom stereocenters. The summed E-state index contributed by atoms with van der Waals surface area (Å²) in [6, 6.07) is 12.6. The van der Waals surface area contributed by atoms with Gasteiger partial charge < -0.3 is 5.11 Å². The van der Waals surface area contributed by atoms with Crippen molar-refractivity contribution in [3.63, 3.8) is 0 Å². The zero-order valence-corrected chi connectivity index (χ0v) is 12.3. The normalized spacial score (nSPS) is 29.7. The lowest BCUT2D eigenvalue weighted by atomic mass is 9.75. The number of pyridine rings is 1. The topological polar surface area (TPSA) is 36.4 Å². The van der Waals surface area contributed by atoms with Crippen molar-refractivity contribution in [3.05, 3.63) is 42.1 Å². The molecule has 2 atom stereocenters. The number of piperidine rings is 1. The van der Waals surface area contributed by atoms with E-state index in [4.69, 9.17) is 4.98 Å². The molecule has 0 radical (unpaired) electrons. The number of likely N-dealkylation sites (tertiary alicyclic amines) is 1. The van der Waals surface area contributed by atoms with Crippen LogP contribution in [-0.4, -0.2) is 34.2 Å². The molecule has 0 amide bonds. The second-order valence-electron chi connectivity index (χ2n) is 6.63. The number of hydrogen-bond donors (Lipinski definition) is 1. The molecule has 1 N–H and O–H groups in total. The van der Waals surface area contributed by atoms with Crippen LogP contribution in [-0.2, 0) is 6.54 Å². The Labute approximate surface area is 125 Å². The molecule has 0 spiro atoms. The molecule has 3 heteroatoms. The highest BCUT2D eigenvalue weighted by molar-refractivity contribution is 5.78. The Morgan fingerprint density at radius 2 is 1.81 bits per heavy atom. The van der Waals surface area contributed by atoms with E-state index in [9.17, 15) is 5.11 Å². The summed E-state index contributed by atoms with van der Waals surface area (Å²) in [6.45, 7) is 2.95. The zero-order chi connectivity index (χ0) is 14.2. The first kappa shape index (κ1) is 13.2. The van der Waals surface area contributed by atoms with Gasteiger partial charge in [0, 0.05) is 25.0 Å². The van der Waals surface area contributed by atoms with Crippen molar-refractivity contribution in [2.24, 2.45) is 11.8 Å². The van der Waals surface area contributed by atoms with Crippen molar-refractivity contribution in [2.45, 2.75) is 31.9 Å². The van der Waals surface area contributed by atoms with Gasteiger partial charge in [0.2, 0.25) is 0 Å². The molecule has 1 aliphatic heterocycles. The summed E-state index contributed by atoms with van der Waals surface area (Å²) in [5.41, 5.74) is 2.22. The molecule has 21 heavy (non-hydrogen) atoms. The smallest absolute Gasteiger partial charge is 0.0705 e. The average molecular weight is 282 g/mol. The highest BCUT2D eigenvalue weighted by atomic mass is 16.3. The fraction of sp³-hybridized carbons (Fsp3) is 0.500. The monoisotopic (exact) mass is 282 g/mol. The van der Waals surface area contributed by atoms with E-state index in [0.717, 1.165) is 30.8 Å². The van der Waals surface area contributed by atoms with Gasteiger partial charge in [-0.2, -0.15) is 0 Å². The molecule has 1 aromatic heterocycles. The van der Waals surface area contributed by atoms with E-state index in [0.29, 0.717) is 11.8 Å². The van der Waals surface area contributed by atoms with Crippen LogP contribution in [0.1, 0.15) is 25.0 Å². The number of fused-ring (bicyclic) bond motifs is 3. The number of hydrogen-bond acceptors (Lipinski definition) is 3. The standard InChI is InChI=1S/C18H22N2O/c21-18-14-5-3-6-15(18)11-20(10-14)12-16-9-8-13-4-1-2-7-17(13)19-16/h1-2,4,7-9,14-15,18,21H,3,5-6,10-12H2/t14-,15-/m0/s1. The Balaban J connectivity index is 1.52. The molecule has 1 aliphatic carbocycles. The van der Waals surface area contributed by atoms with Gasteiger partial charge in [0.25, 0.3) is 0 Å². The number of aliphatic hydroxyl groups excluding tert-OH is 1. The van der Waals surface area contributed by atoms with Gasteiger partial charge in [-0.1, -0.05) is 30.7 Å². The number of aliphatic hydroxyl groups is 1. The van der Waals surface area contributed by atoms with E-state index in [-0.39, 0.29) is 6.10 Å². The largest absolute Gasteiger partial charge is 0.392 e. The molecular weight excluding hydrogens is 260 g/mol. The van der Waals surface area contributed by atoms with Crippen LogP contribution in [0.5, 0.6) is 0 Å². The molecule has 2 aromatic rings. The minimum Gasteiger partial charge on any atom is -0.392 e. The van der Waals surface area contributed by atoms with Gasteiger partial charge in [-0.3, -0.25) is 9.88 Å². The maximum absolute atomic E-state index is 10.3. The molecule has 1 saturated carbocycles. The quantitative estimate of drug-likeness (QED) is 0.920. The van der Waals surface area contributed by atoms with Crippen LogP contribution in [0, 0.1) is 11.8 Å². The Kier molecular flexibility index (Phi) is 3.40. The van der Waals surface area contributed by atoms with Crippen molar-refractivity contribution in [1.82, 2.24) is 9.88 Å². The van der Waals surface area contributed by atoms with E-state index >= 15 is 0 Å². The van der Waals surface area contributed by atoms with E-state index in [1.807, 2.05) is 6.07 Å². The van der Waals surface area contributed by atoms with E-state index < -0.39 is 0 Å². The summed E-state index contributed by atoms with van der Waals surface area (Å²) < 4.78 is 0. The lowest BCUT2D eigenvalue weighted by molar-refractivity contribution is -0.0519. The van der Waals surface area contributed by atoms with Gasteiger partial charge in [-0.15, -0.1) is 0 Å². The number of aromatic nitrogens is 1. The second-order valence-corrected chi connectivity index (χ2v) is 6.63. The Morgan fingerprint density at radius 1 is 1.05 bits per heavy atom. The Bertz CT molecular complexity index is 628. The SMILES string of the molecule is OC1[C@H]2CCC[C@H]1CN(Cc1ccc3ccccc3n1)C2. The number of nitrogens with zero attached hydrogens (tertiary/aromatic N) is 2. The lowest BCUT2D eigenvalue weighted by Gasteiger charge is -2.45. The fourth-order valence-electron chi connectivity index (χ4n) is 4.06. The van der Waals surface area contributed by atoms with Gasteiger partial charge in [0.15, 0.2) is 0 Å². The van der Waals surface area contributed by atoms with Crippen molar-refractivity contribution in [2.75, 3.05) is 13.1 Å². The first-order chi connectivity index (χ1) is 10.3. The maximum Gasteiger partial charge on any atom is 0.0705 e. The average Bonchev–Trinajstić information content (AvgIpc) is 2.48. The van der Waals surface area contributed by atoms with Gasteiger partial charge >= 0.3 is 0 Å². The predicted octanol–water partition coefficient (Wildman–Crippen LogP) is 2.83. The van der Waals surface area contributed by atoms with Crippen molar-refractivity contribution >= 4 is 10.9 Å². The van der Waals surface area contributed by atoms with E-state index in [1.165, 1.54) is 24.6 Å². The van der Waals surface area contributed by atoms with Gasteiger partial charge in [0.05, 0.1) is 17.3 Å². The van der Waals surface area contributed by atoms with Gasteiger partial charge in [-0.25, -0.2) is 0 Å². The van der Waals surface area contributed by atoms with Crippen LogP contribution in [0.4, 0.5) is 0 Å². The summed E-state index contributed by atoms with van der Waals surface area (Å²) in [5.74, 6) is 0.941. The third-order valence-electron chi connectivity index (χ3n) is 5.14. The summed E-state index contributed by atoms with van der Waals surface area (Å²) in [5, 5.41) is 11.5. The highest BCUT2D eigenvalue weighted by Crippen LogP contribution is 2.35. The zero-order valence-electron chi connectivity index (χ0n) is 12.3. The first-order valence-corrected chi connectivity index (χ1v) is 8.05.